The lowest BCUT2D eigenvalue weighted by Crippen LogP contribution is -2.43. The summed E-state index contributed by atoms with van der Waals surface area (Å²) >= 11 is 0. The fourth-order valence-electron chi connectivity index (χ4n) is 3.57. The molecule has 0 spiro atoms. The molecule has 0 atom stereocenters. The van der Waals surface area contributed by atoms with Gasteiger partial charge in [0.15, 0.2) is 5.82 Å². The molecule has 152 valence electrons. The van der Waals surface area contributed by atoms with E-state index < -0.39 is 28.1 Å². The van der Waals surface area contributed by atoms with Crippen molar-refractivity contribution >= 4 is 27.6 Å². The van der Waals surface area contributed by atoms with Gasteiger partial charge < -0.3 is 5.32 Å². The van der Waals surface area contributed by atoms with Crippen molar-refractivity contribution in [2.24, 2.45) is 16.2 Å². The van der Waals surface area contributed by atoms with Crippen LogP contribution in [-0.4, -0.2) is 40.4 Å². The molecule has 8 nitrogen and oxygen atoms in total. The molecule has 3 rings (SSSR count). The predicted molar refractivity (Wildman–Crippen MR) is 103 cm³/mol. The molecule has 2 aliphatic rings. The van der Waals surface area contributed by atoms with Crippen LogP contribution in [-0.2, 0) is 15.0 Å². The van der Waals surface area contributed by atoms with Gasteiger partial charge in [0.2, 0.25) is 5.95 Å². The maximum absolute atomic E-state index is 13.3. The zero-order valence-electron chi connectivity index (χ0n) is 16.1. The summed E-state index contributed by atoms with van der Waals surface area (Å²) in [4.78, 5) is 20.0. The lowest BCUT2D eigenvalue weighted by Gasteiger charge is -2.33. The topological polar surface area (TPSA) is 105 Å². The van der Waals surface area contributed by atoms with Crippen LogP contribution in [0.15, 0.2) is 28.6 Å². The zero-order chi connectivity index (χ0) is 20.5. The zero-order valence-corrected chi connectivity index (χ0v) is 16.9. The van der Waals surface area contributed by atoms with E-state index in [4.69, 9.17) is 0 Å². The average Bonchev–Trinajstić information content (AvgIpc) is 2.60. The standard InChI is InChI=1S/C18H24FN5O3S/c1-11(2)24-15(18(25)22-17-10-20-9-16(19)21-17)8-14(23-28(24,26)27)13-6-4-12(3)5-7-13/h8-13H,4-7H2,1-3H3,(H,21,22,25). The molecular formula is C18H24FN5O3S. The van der Waals surface area contributed by atoms with Gasteiger partial charge in [-0.2, -0.15) is 17.8 Å². The molecule has 0 saturated heterocycles. The molecule has 0 bridgehead atoms. The summed E-state index contributed by atoms with van der Waals surface area (Å²) in [6.07, 6.45) is 7.28. The third-order valence-electron chi connectivity index (χ3n) is 4.97. The Balaban J connectivity index is 1.94. The van der Waals surface area contributed by atoms with Gasteiger partial charge in [-0.15, -0.1) is 4.40 Å². The number of allylic oxidation sites excluding steroid dienone is 1. The highest BCUT2D eigenvalue weighted by atomic mass is 32.2. The number of amides is 1. The highest BCUT2D eigenvalue weighted by Crippen LogP contribution is 2.33. The molecule has 0 aromatic carbocycles. The summed E-state index contributed by atoms with van der Waals surface area (Å²) in [6.45, 7) is 5.48. The van der Waals surface area contributed by atoms with Crippen LogP contribution in [0.1, 0.15) is 46.5 Å². The summed E-state index contributed by atoms with van der Waals surface area (Å²) in [5, 5.41) is 2.42. The number of nitrogens with zero attached hydrogens (tertiary/aromatic N) is 4. The van der Waals surface area contributed by atoms with Gasteiger partial charge in [0, 0.05) is 12.0 Å². The van der Waals surface area contributed by atoms with E-state index in [0.717, 1.165) is 36.2 Å². The van der Waals surface area contributed by atoms with E-state index in [1.54, 1.807) is 13.8 Å². The van der Waals surface area contributed by atoms with Crippen LogP contribution in [0.25, 0.3) is 0 Å². The van der Waals surface area contributed by atoms with Gasteiger partial charge in [-0.25, -0.2) is 4.31 Å². The molecular weight excluding hydrogens is 385 g/mol. The Kier molecular flexibility index (Phi) is 5.78. The summed E-state index contributed by atoms with van der Waals surface area (Å²) in [5.41, 5.74) is 0.351. The molecule has 1 fully saturated rings. The number of nitrogens with one attached hydrogen (secondary N) is 1. The number of halogens is 1. The van der Waals surface area contributed by atoms with Crippen LogP contribution in [0.2, 0.25) is 0 Å². The van der Waals surface area contributed by atoms with Crippen molar-refractivity contribution < 1.29 is 17.6 Å². The van der Waals surface area contributed by atoms with Crippen LogP contribution in [0.4, 0.5) is 10.2 Å². The SMILES string of the molecule is CC1CCC(C2=NS(=O)(=O)N(C(C)C)C(C(=O)Nc3cncc(F)n3)=C2)CC1. The molecule has 0 unspecified atom stereocenters. The summed E-state index contributed by atoms with van der Waals surface area (Å²) < 4.78 is 43.8. The minimum absolute atomic E-state index is 0.00273. The Morgan fingerprint density at radius 3 is 2.54 bits per heavy atom. The lowest BCUT2D eigenvalue weighted by atomic mass is 9.80. The number of carbonyl (C=O) groups is 1. The van der Waals surface area contributed by atoms with Crippen LogP contribution in [0, 0.1) is 17.8 Å². The van der Waals surface area contributed by atoms with Gasteiger partial charge in [0.25, 0.3) is 5.91 Å². The Morgan fingerprint density at radius 2 is 1.93 bits per heavy atom. The molecule has 1 aliphatic heterocycles. The van der Waals surface area contributed by atoms with Crippen LogP contribution in [0.5, 0.6) is 0 Å². The third kappa shape index (κ3) is 4.37. The maximum Gasteiger partial charge on any atom is 0.345 e. The van der Waals surface area contributed by atoms with Gasteiger partial charge in [0.05, 0.1) is 18.1 Å². The smallest absolute Gasteiger partial charge is 0.304 e. The molecule has 10 heteroatoms. The number of rotatable bonds is 4. The van der Waals surface area contributed by atoms with Gasteiger partial charge >= 0.3 is 10.2 Å². The largest absolute Gasteiger partial charge is 0.345 e. The van der Waals surface area contributed by atoms with E-state index in [0.29, 0.717) is 11.6 Å². The van der Waals surface area contributed by atoms with E-state index >= 15 is 0 Å². The van der Waals surface area contributed by atoms with E-state index in [9.17, 15) is 17.6 Å². The molecule has 1 aliphatic carbocycles. The Morgan fingerprint density at radius 1 is 1.25 bits per heavy atom. The second-order valence-corrected chi connectivity index (χ2v) is 9.02. The minimum Gasteiger partial charge on any atom is -0.304 e. The van der Waals surface area contributed by atoms with Gasteiger partial charge in [-0.1, -0.05) is 19.8 Å². The third-order valence-corrected chi connectivity index (χ3v) is 6.53. The summed E-state index contributed by atoms with van der Waals surface area (Å²) in [5.74, 6) is -1.04. The van der Waals surface area contributed by atoms with Crippen molar-refractivity contribution in [2.45, 2.75) is 52.5 Å². The fourth-order valence-corrected chi connectivity index (χ4v) is 5.05. The number of hydrogen-bond donors (Lipinski definition) is 1. The molecule has 1 aromatic rings. The molecule has 1 aromatic heterocycles. The van der Waals surface area contributed by atoms with E-state index in [1.807, 2.05) is 0 Å². The lowest BCUT2D eigenvalue weighted by molar-refractivity contribution is -0.114. The van der Waals surface area contributed by atoms with Crippen molar-refractivity contribution in [3.05, 3.63) is 30.1 Å². The number of carbonyl (C=O) groups excluding carboxylic acids is 1. The number of anilines is 1. The van der Waals surface area contributed by atoms with Crippen molar-refractivity contribution in [1.82, 2.24) is 14.3 Å². The first-order valence-electron chi connectivity index (χ1n) is 9.32. The van der Waals surface area contributed by atoms with Gasteiger partial charge in [0.1, 0.15) is 5.70 Å². The monoisotopic (exact) mass is 409 g/mol. The van der Waals surface area contributed by atoms with E-state index in [2.05, 4.69) is 26.6 Å². The molecule has 1 N–H and O–H groups in total. The molecule has 2 heterocycles. The van der Waals surface area contributed by atoms with Crippen molar-refractivity contribution in [2.75, 3.05) is 5.32 Å². The second kappa shape index (κ2) is 7.94. The Hall–Kier alpha value is -2.36. The maximum atomic E-state index is 13.3. The first-order chi connectivity index (χ1) is 13.2. The highest BCUT2D eigenvalue weighted by molar-refractivity contribution is 7.88. The van der Waals surface area contributed by atoms with Crippen LogP contribution < -0.4 is 5.32 Å². The summed E-state index contributed by atoms with van der Waals surface area (Å²) in [6, 6.07) is -0.516. The first kappa shape index (κ1) is 20.4. The average molecular weight is 409 g/mol. The Labute approximate surface area is 164 Å². The molecule has 1 saturated carbocycles. The van der Waals surface area contributed by atoms with Crippen LogP contribution in [0.3, 0.4) is 0 Å². The molecule has 1 amide bonds. The first-order valence-corrected chi connectivity index (χ1v) is 10.7. The predicted octanol–water partition coefficient (Wildman–Crippen LogP) is 2.67. The number of hydrogen-bond acceptors (Lipinski definition) is 5. The van der Waals surface area contributed by atoms with Crippen LogP contribution >= 0.6 is 0 Å². The minimum atomic E-state index is -4.05. The molecule has 28 heavy (non-hydrogen) atoms. The van der Waals surface area contributed by atoms with Crippen molar-refractivity contribution in [3.63, 3.8) is 0 Å². The Bertz CT molecular complexity index is 921. The summed E-state index contributed by atoms with van der Waals surface area (Å²) in [7, 11) is -4.05. The highest BCUT2D eigenvalue weighted by Gasteiger charge is 2.37. The van der Waals surface area contributed by atoms with Crippen molar-refractivity contribution in [1.29, 1.82) is 0 Å². The van der Waals surface area contributed by atoms with E-state index in [-0.39, 0.29) is 17.4 Å². The second-order valence-electron chi connectivity index (χ2n) is 7.55. The van der Waals surface area contributed by atoms with Gasteiger partial charge in [-0.05, 0) is 38.7 Å². The molecule has 0 radical (unpaired) electrons. The quantitative estimate of drug-likeness (QED) is 0.823. The van der Waals surface area contributed by atoms with E-state index in [1.165, 1.54) is 12.3 Å². The van der Waals surface area contributed by atoms with Crippen molar-refractivity contribution in [3.8, 4) is 0 Å². The normalized spacial score (nSPS) is 24.5. The van der Waals surface area contributed by atoms with Gasteiger partial charge in [-0.3, -0.25) is 9.78 Å². The fraction of sp³-hybridized carbons (Fsp3) is 0.556. The number of aromatic nitrogens is 2.